The second-order valence-corrected chi connectivity index (χ2v) is 0.250. The van der Waals surface area contributed by atoms with Crippen molar-refractivity contribution in [2.45, 2.75) is 0 Å². The zero-order valence-corrected chi connectivity index (χ0v) is 5.27. The van der Waals surface area contributed by atoms with E-state index in [4.69, 9.17) is 8.92 Å². The van der Waals surface area contributed by atoms with Crippen LogP contribution in [0.3, 0.4) is 0 Å². The topological polar surface area (TPSA) is 34.1 Å². The maximum atomic E-state index is 8.40. The minimum Gasteiger partial charge on any atom is -0.274 e. The predicted octanol–water partition coefficient (Wildman–Crippen LogP) is -0.621. The SMILES string of the molecule is O=[Si]=O.[Zr]. The Kier molecular flexibility index (Phi) is 20.6. The van der Waals surface area contributed by atoms with Gasteiger partial charge in [0.25, 0.3) is 0 Å². The molecule has 2 nitrogen and oxygen atoms in total. The molecule has 0 aliphatic heterocycles. The third kappa shape index (κ3) is 15.9. The van der Waals surface area contributed by atoms with Crippen molar-refractivity contribution in [2.75, 3.05) is 0 Å². The Hall–Kier alpha value is 0.700. The molecule has 0 saturated heterocycles. The van der Waals surface area contributed by atoms with Crippen molar-refractivity contribution in [1.29, 1.82) is 0 Å². The summed E-state index contributed by atoms with van der Waals surface area (Å²) in [6.45, 7) is 0. The van der Waals surface area contributed by atoms with Crippen LogP contribution in [0.2, 0.25) is 0 Å². The summed E-state index contributed by atoms with van der Waals surface area (Å²) in [4.78, 5) is 0. The molecule has 0 heterocycles. The zero-order valence-electron chi connectivity index (χ0n) is 1.82. The van der Waals surface area contributed by atoms with Crippen LogP contribution in [-0.2, 0) is 35.1 Å². The zero-order chi connectivity index (χ0) is 2.71. The average molecular weight is 151 g/mol. The second-order valence-electron chi connectivity index (χ2n) is 0.0833. The van der Waals surface area contributed by atoms with E-state index < -0.39 is 9.29 Å². The molecule has 4 heteroatoms. The van der Waals surface area contributed by atoms with Gasteiger partial charge in [0.2, 0.25) is 0 Å². The largest absolute Gasteiger partial charge is 0.549 e. The van der Waals surface area contributed by atoms with Gasteiger partial charge in [-0.15, -0.1) is 0 Å². The molecule has 0 fully saturated rings. The fourth-order valence-electron chi connectivity index (χ4n) is 0. The van der Waals surface area contributed by atoms with Gasteiger partial charge in [0.05, 0.1) is 0 Å². The summed E-state index contributed by atoms with van der Waals surface area (Å²) >= 11 is 0. The van der Waals surface area contributed by atoms with Crippen LogP contribution < -0.4 is 0 Å². The Balaban J connectivity index is 0. The molecular weight excluding hydrogens is 151 g/mol. The molecule has 0 bridgehead atoms. The number of hydrogen-bond donors (Lipinski definition) is 0. The Bertz CT molecular complexity index is 27.0. The van der Waals surface area contributed by atoms with Gasteiger partial charge in [-0.3, -0.25) is 8.92 Å². The molecule has 0 radical (unpaired) electrons. The summed E-state index contributed by atoms with van der Waals surface area (Å²) in [6, 6.07) is 0. The maximum Gasteiger partial charge on any atom is 0.549 e. The minimum absolute atomic E-state index is 0. The first-order chi connectivity index (χ1) is 1.41. The van der Waals surface area contributed by atoms with Gasteiger partial charge in [-0.1, -0.05) is 0 Å². The summed E-state index contributed by atoms with van der Waals surface area (Å²) in [7, 11) is -1.42. The first-order valence-corrected chi connectivity index (χ1v) is 1.22. The summed E-state index contributed by atoms with van der Waals surface area (Å²) in [5.74, 6) is 0. The van der Waals surface area contributed by atoms with Gasteiger partial charge in [-0.05, 0) is 0 Å². The van der Waals surface area contributed by atoms with Gasteiger partial charge < -0.3 is 0 Å². The van der Waals surface area contributed by atoms with Crippen molar-refractivity contribution in [1.82, 2.24) is 0 Å². The van der Waals surface area contributed by atoms with E-state index >= 15 is 0 Å². The van der Waals surface area contributed by atoms with E-state index in [1.807, 2.05) is 0 Å². The number of rotatable bonds is 0. The summed E-state index contributed by atoms with van der Waals surface area (Å²) in [5, 5.41) is 0. The summed E-state index contributed by atoms with van der Waals surface area (Å²) in [6.07, 6.45) is 0. The molecule has 0 amide bonds. The van der Waals surface area contributed by atoms with Crippen molar-refractivity contribution in [3.63, 3.8) is 0 Å². The third-order valence-corrected chi connectivity index (χ3v) is 0. The van der Waals surface area contributed by atoms with Gasteiger partial charge in [-0.2, -0.15) is 0 Å². The minimum atomic E-state index is -1.42. The molecule has 0 aromatic rings. The Morgan fingerprint density at radius 3 is 1.25 bits per heavy atom. The molecule has 0 aliphatic rings. The van der Waals surface area contributed by atoms with Gasteiger partial charge in [0, 0.05) is 26.2 Å². The van der Waals surface area contributed by atoms with E-state index in [1.165, 1.54) is 0 Å². The first-order valence-electron chi connectivity index (χ1n) is 0.408. The second kappa shape index (κ2) is 9.33. The van der Waals surface area contributed by atoms with Gasteiger partial charge in [-0.25, -0.2) is 0 Å². The van der Waals surface area contributed by atoms with E-state index in [0.717, 1.165) is 0 Å². The van der Waals surface area contributed by atoms with Crippen LogP contribution in [0.25, 0.3) is 0 Å². The molecule has 0 N–H and O–H groups in total. The van der Waals surface area contributed by atoms with E-state index in [0.29, 0.717) is 0 Å². The normalized spacial score (nSPS) is 2.00. The molecule has 0 saturated carbocycles. The van der Waals surface area contributed by atoms with Crippen LogP contribution in [0.5, 0.6) is 0 Å². The van der Waals surface area contributed by atoms with Crippen molar-refractivity contribution in [3.8, 4) is 0 Å². The van der Waals surface area contributed by atoms with Crippen LogP contribution in [0.1, 0.15) is 0 Å². The van der Waals surface area contributed by atoms with Crippen LogP contribution >= 0.6 is 0 Å². The molecule has 0 aliphatic carbocycles. The standard InChI is InChI=1S/O2Si.Zr/c1-3-2;. The van der Waals surface area contributed by atoms with E-state index in [-0.39, 0.29) is 26.2 Å². The number of hydrogen-bond acceptors (Lipinski definition) is 2. The quantitative estimate of drug-likeness (QED) is 0.432. The average Bonchev–Trinajstić information content (AvgIpc) is 0.918. The Morgan fingerprint density at radius 1 is 1.25 bits per heavy atom. The molecule has 20 valence electrons. The first kappa shape index (κ1) is 8.83. The Labute approximate surface area is 44.7 Å². The fourth-order valence-corrected chi connectivity index (χ4v) is 0. The summed E-state index contributed by atoms with van der Waals surface area (Å²) < 4.78 is 16.8. The Morgan fingerprint density at radius 2 is 1.25 bits per heavy atom. The molecule has 0 unspecified atom stereocenters. The van der Waals surface area contributed by atoms with Crippen LogP contribution in [0.15, 0.2) is 0 Å². The smallest absolute Gasteiger partial charge is 0.274 e. The van der Waals surface area contributed by atoms with Crippen molar-refractivity contribution < 1.29 is 35.1 Å². The van der Waals surface area contributed by atoms with E-state index in [9.17, 15) is 0 Å². The van der Waals surface area contributed by atoms with Crippen LogP contribution in [0, 0.1) is 0 Å². The molecule has 0 rings (SSSR count). The van der Waals surface area contributed by atoms with Crippen molar-refractivity contribution in [2.24, 2.45) is 0 Å². The predicted molar refractivity (Wildman–Crippen MR) is 7.13 cm³/mol. The van der Waals surface area contributed by atoms with Crippen LogP contribution in [-0.4, -0.2) is 9.29 Å². The maximum absolute atomic E-state index is 8.40. The molecule has 0 atom stereocenters. The van der Waals surface area contributed by atoms with Crippen molar-refractivity contribution in [3.05, 3.63) is 0 Å². The van der Waals surface area contributed by atoms with Crippen molar-refractivity contribution >= 4 is 9.29 Å². The molecule has 0 aromatic carbocycles. The van der Waals surface area contributed by atoms with Gasteiger partial charge >= 0.3 is 9.29 Å². The molecule has 0 spiro atoms. The van der Waals surface area contributed by atoms with Gasteiger partial charge in [0.15, 0.2) is 0 Å². The van der Waals surface area contributed by atoms with Gasteiger partial charge in [0.1, 0.15) is 0 Å². The molecule has 4 heavy (non-hydrogen) atoms. The molecular formula is O2SiZr. The fraction of sp³-hybridized carbons (Fsp3) is 0. The van der Waals surface area contributed by atoms with E-state index in [2.05, 4.69) is 0 Å². The third-order valence-electron chi connectivity index (χ3n) is 0. The monoisotopic (exact) mass is 150 g/mol. The summed E-state index contributed by atoms with van der Waals surface area (Å²) in [5.41, 5.74) is 0. The van der Waals surface area contributed by atoms with E-state index in [1.54, 1.807) is 0 Å². The molecule has 0 aromatic heterocycles. The van der Waals surface area contributed by atoms with Crippen LogP contribution in [0.4, 0.5) is 0 Å².